The molecule has 3 saturated heterocycles. The van der Waals surface area contributed by atoms with Gasteiger partial charge in [-0.3, -0.25) is 19.2 Å². The highest BCUT2D eigenvalue weighted by Gasteiger charge is 2.48. The van der Waals surface area contributed by atoms with Crippen molar-refractivity contribution in [1.82, 2.24) is 35.0 Å². The van der Waals surface area contributed by atoms with Gasteiger partial charge in [0.1, 0.15) is 35.6 Å². The van der Waals surface area contributed by atoms with Crippen molar-refractivity contribution >= 4 is 53.0 Å². The highest BCUT2D eigenvalue weighted by atomic mass is 32.2. The number of pyridine rings is 1. The molecule has 5 amide bonds. The summed E-state index contributed by atoms with van der Waals surface area (Å²) in [7, 11) is 2.69. The van der Waals surface area contributed by atoms with Gasteiger partial charge in [-0.15, -0.1) is 13.2 Å². The Hall–Kier alpha value is -6.35. The van der Waals surface area contributed by atoms with Crippen LogP contribution >= 0.6 is 11.8 Å². The molecule has 4 aromatic rings. The SMILES string of the molecule is COCC(=O)N1CCC[C@@]1(C)C(=O)N1CCN(c2ccc(NC(=O)c3ccc(-c4ccc(-c5cnc([C@@H]6C[C@H](SC)CN6C(=O)[C@@H](NC(=O)OC)C(C)C)[nH]5)cc4)c(OC(F)(F)F)c3)cn2)[C@H](C)C1. The maximum Gasteiger partial charge on any atom is 0.573 e. The number of likely N-dealkylation sites (tertiary alicyclic amines) is 2. The largest absolute Gasteiger partial charge is 0.573 e. The number of imidazole rings is 1. The standard InChI is InChI=1S/C48H58F3N9O8S/c1-28(2)41(56-46(65)67-6)44(63)59-26-34(69-7)22-37(59)42-53-24-36(55-42)31-11-9-30(10-12-31)35-15-13-32(21-38(35)68-48(49,50)51)43(62)54-33-14-16-39(52-23-33)58-20-19-57(25-29(58)3)45(64)47(4)17-8-18-60(47)40(61)27-66-5/h9-16,21,23-24,28-29,34,37,41H,8,17-20,22,25-27H2,1-7H3,(H,53,55)(H,54,62)(H,56,65)/t29-,34+,37+,41+,47+/m1/s1. The number of amides is 5. The second kappa shape index (κ2) is 21.1. The van der Waals surface area contributed by atoms with Crippen LogP contribution in [0.5, 0.6) is 5.75 Å². The van der Waals surface area contributed by atoms with Crippen molar-refractivity contribution in [2.75, 3.05) is 70.0 Å². The number of alkyl halides is 3. The molecule has 0 unspecified atom stereocenters. The molecule has 21 heteroatoms. The maximum absolute atomic E-state index is 13.8. The van der Waals surface area contributed by atoms with E-state index >= 15 is 0 Å². The van der Waals surface area contributed by atoms with Crippen LogP contribution in [0.3, 0.4) is 0 Å². The molecule has 5 heterocycles. The molecule has 17 nitrogen and oxygen atoms in total. The van der Waals surface area contributed by atoms with Crippen LogP contribution in [-0.4, -0.2) is 148 Å². The Balaban J connectivity index is 1.01. The number of aromatic amines is 1. The zero-order valence-corrected chi connectivity index (χ0v) is 40.4. The van der Waals surface area contributed by atoms with Crippen LogP contribution in [0.1, 0.15) is 69.2 Å². The van der Waals surface area contributed by atoms with Crippen molar-refractivity contribution in [3.8, 4) is 28.1 Å². The molecule has 3 aliphatic heterocycles. The van der Waals surface area contributed by atoms with Gasteiger partial charge in [0.05, 0.1) is 36.9 Å². The molecular weight excluding hydrogens is 920 g/mol. The summed E-state index contributed by atoms with van der Waals surface area (Å²) in [6.07, 6.45) is 1.24. The number of nitrogens with one attached hydrogen (secondary N) is 3. The fraction of sp³-hybridized carbons (Fsp3) is 0.479. The average Bonchev–Trinajstić information content (AvgIpc) is 4.09. The van der Waals surface area contributed by atoms with Crippen LogP contribution in [0.4, 0.5) is 29.5 Å². The number of piperazine rings is 1. The summed E-state index contributed by atoms with van der Waals surface area (Å²) in [4.78, 5) is 85.6. The summed E-state index contributed by atoms with van der Waals surface area (Å²) in [5, 5.41) is 5.50. The number of methoxy groups -OCH3 is 2. The Bertz CT molecular complexity index is 2510. The first-order valence-corrected chi connectivity index (χ1v) is 24.0. The molecule has 0 spiro atoms. The summed E-state index contributed by atoms with van der Waals surface area (Å²) in [6, 6.07) is 12.6. The minimum Gasteiger partial charge on any atom is -0.453 e. The van der Waals surface area contributed by atoms with E-state index in [0.717, 1.165) is 12.5 Å². The molecule has 0 saturated carbocycles. The molecule has 3 N–H and O–H groups in total. The van der Waals surface area contributed by atoms with Crippen molar-refractivity contribution in [2.45, 2.75) is 82.2 Å². The van der Waals surface area contributed by atoms with Crippen LogP contribution in [0.2, 0.25) is 0 Å². The van der Waals surface area contributed by atoms with E-state index in [1.54, 1.807) is 69.1 Å². The highest BCUT2D eigenvalue weighted by molar-refractivity contribution is 7.99. The van der Waals surface area contributed by atoms with Gasteiger partial charge in [-0.25, -0.2) is 14.8 Å². The summed E-state index contributed by atoms with van der Waals surface area (Å²) < 4.78 is 55.7. The number of anilines is 2. The van der Waals surface area contributed by atoms with Gasteiger partial charge < -0.3 is 49.4 Å². The quantitative estimate of drug-likeness (QED) is 0.121. The predicted octanol–water partition coefficient (Wildman–Crippen LogP) is 6.74. The summed E-state index contributed by atoms with van der Waals surface area (Å²) in [6.45, 7) is 9.66. The van der Waals surface area contributed by atoms with Gasteiger partial charge in [-0.1, -0.05) is 38.1 Å². The van der Waals surface area contributed by atoms with Crippen molar-refractivity contribution in [3.63, 3.8) is 0 Å². The number of alkyl carbamates (subject to hydrolysis) is 1. The second-order valence-electron chi connectivity index (χ2n) is 18.0. The molecule has 5 atom stereocenters. The van der Waals surface area contributed by atoms with E-state index in [0.29, 0.717) is 79.7 Å². The summed E-state index contributed by atoms with van der Waals surface area (Å²) in [5.74, 6) is -0.854. The van der Waals surface area contributed by atoms with Crippen LogP contribution in [0, 0.1) is 5.92 Å². The average molecular weight is 978 g/mol. The molecule has 3 aliphatic rings. The molecule has 370 valence electrons. The molecule has 7 rings (SSSR count). The molecular formula is C48H58F3N9O8S. The lowest BCUT2D eigenvalue weighted by Gasteiger charge is -2.44. The molecule has 2 aromatic heterocycles. The molecule has 69 heavy (non-hydrogen) atoms. The first-order chi connectivity index (χ1) is 32.8. The third kappa shape index (κ3) is 11.2. The monoisotopic (exact) mass is 977 g/mol. The van der Waals surface area contributed by atoms with Crippen molar-refractivity contribution in [1.29, 1.82) is 0 Å². The van der Waals surface area contributed by atoms with E-state index in [2.05, 4.69) is 30.3 Å². The normalized spacial score (nSPS) is 21.1. The first kappa shape index (κ1) is 50.5. The summed E-state index contributed by atoms with van der Waals surface area (Å²) >= 11 is 1.64. The minimum atomic E-state index is -5.06. The van der Waals surface area contributed by atoms with E-state index in [-0.39, 0.29) is 52.7 Å². The van der Waals surface area contributed by atoms with E-state index in [1.807, 2.05) is 38.9 Å². The van der Waals surface area contributed by atoms with E-state index in [1.165, 1.54) is 32.5 Å². The van der Waals surface area contributed by atoms with Crippen molar-refractivity contribution < 1.29 is 51.4 Å². The second-order valence-corrected chi connectivity index (χ2v) is 19.1. The van der Waals surface area contributed by atoms with Crippen LogP contribution in [0.25, 0.3) is 22.4 Å². The lowest BCUT2D eigenvalue weighted by atomic mass is 9.95. The molecule has 2 aromatic carbocycles. The van der Waals surface area contributed by atoms with Crippen LogP contribution in [0.15, 0.2) is 67.0 Å². The van der Waals surface area contributed by atoms with Crippen molar-refractivity contribution in [2.24, 2.45) is 5.92 Å². The van der Waals surface area contributed by atoms with Gasteiger partial charge in [0.25, 0.3) is 5.91 Å². The maximum atomic E-state index is 13.8. The fourth-order valence-corrected chi connectivity index (χ4v) is 10.1. The van der Waals surface area contributed by atoms with Gasteiger partial charge >= 0.3 is 12.5 Å². The van der Waals surface area contributed by atoms with Crippen LogP contribution in [-0.2, 0) is 23.9 Å². The van der Waals surface area contributed by atoms with Gasteiger partial charge in [-0.2, -0.15) is 11.8 Å². The number of halogens is 3. The number of benzene rings is 2. The van der Waals surface area contributed by atoms with E-state index in [9.17, 15) is 37.1 Å². The topological polar surface area (TPSA) is 192 Å². The van der Waals surface area contributed by atoms with Crippen molar-refractivity contribution in [3.05, 3.63) is 78.4 Å². The number of hydrogen-bond acceptors (Lipinski definition) is 12. The molecule has 0 bridgehead atoms. The third-order valence-corrected chi connectivity index (χ3v) is 14.1. The summed E-state index contributed by atoms with van der Waals surface area (Å²) in [5.41, 5.74) is 1.08. The number of carbonyl (C=O) groups excluding carboxylic acids is 5. The van der Waals surface area contributed by atoms with E-state index in [4.69, 9.17) is 9.47 Å². The Labute approximate surface area is 402 Å². The zero-order valence-electron chi connectivity index (χ0n) is 39.6. The van der Waals surface area contributed by atoms with Gasteiger partial charge in [0.2, 0.25) is 17.7 Å². The Morgan fingerprint density at radius 1 is 0.957 bits per heavy atom. The Morgan fingerprint density at radius 3 is 2.33 bits per heavy atom. The molecule has 0 aliphatic carbocycles. The highest BCUT2D eigenvalue weighted by Crippen LogP contribution is 2.39. The Kier molecular flexibility index (Phi) is 15.5. The third-order valence-electron chi connectivity index (χ3n) is 13.0. The molecule has 3 fully saturated rings. The number of aromatic nitrogens is 3. The lowest BCUT2D eigenvalue weighted by molar-refractivity contribution is -0.274. The molecule has 0 radical (unpaired) electrons. The van der Waals surface area contributed by atoms with E-state index < -0.39 is 41.7 Å². The van der Waals surface area contributed by atoms with Gasteiger partial charge in [0.15, 0.2) is 0 Å². The smallest absolute Gasteiger partial charge is 0.453 e. The number of hydrogen-bond donors (Lipinski definition) is 3. The van der Waals surface area contributed by atoms with Gasteiger partial charge in [0, 0.05) is 62.3 Å². The fourth-order valence-electron chi connectivity index (χ4n) is 9.39. The zero-order chi connectivity index (χ0) is 49.8. The predicted molar refractivity (Wildman–Crippen MR) is 253 cm³/mol. The first-order valence-electron chi connectivity index (χ1n) is 22.7. The number of carbonyl (C=O) groups is 5. The lowest BCUT2D eigenvalue weighted by Crippen LogP contribution is -2.62. The van der Waals surface area contributed by atoms with Gasteiger partial charge in [-0.05, 0) is 86.7 Å². The Morgan fingerprint density at radius 2 is 1.70 bits per heavy atom. The number of thioether (sulfide) groups is 1. The van der Waals surface area contributed by atoms with Crippen LogP contribution < -0.4 is 20.3 Å². The number of nitrogens with zero attached hydrogens (tertiary/aromatic N) is 6. The minimum absolute atomic E-state index is 0.0829. The number of rotatable bonds is 14. The number of H-pyrrole nitrogens is 1. The number of ether oxygens (including phenoxy) is 3.